The molecule has 0 spiro atoms. The predicted octanol–water partition coefficient (Wildman–Crippen LogP) is 18.5. The van der Waals surface area contributed by atoms with E-state index in [1.54, 1.807) is 12.3 Å². The fraction of sp³-hybridized carbons (Fsp3) is 0.261. The number of hydrogen-bond donors (Lipinski definition) is 1. The number of pyridine rings is 2. The van der Waals surface area contributed by atoms with E-state index in [1.807, 2.05) is 12.3 Å². The van der Waals surface area contributed by atoms with Crippen LogP contribution in [0, 0.1) is 0 Å². The van der Waals surface area contributed by atoms with Gasteiger partial charge < -0.3 is 5.11 Å². The van der Waals surface area contributed by atoms with Crippen LogP contribution in [0.15, 0.2) is 188 Å². The second kappa shape index (κ2) is 21.0. The summed E-state index contributed by atoms with van der Waals surface area (Å²) in [4.78, 5) is 21.0. The Hall–Kier alpha value is -7.43. The summed E-state index contributed by atoms with van der Waals surface area (Å²) in [6.07, 6.45) is 21.3. The average molecular weight is 955 g/mol. The Morgan fingerprint density at radius 1 is 0.425 bits per heavy atom. The van der Waals surface area contributed by atoms with Gasteiger partial charge in [-0.2, -0.15) is 0 Å². The lowest BCUT2D eigenvalue weighted by atomic mass is 9.66. The number of fused-ring (bicyclic) bond motifs is 7. The predicted molar refractivity (Wildman–Crippen MR) is 302 cm³/mol. The van der Waals surface area contributed by atoms with Crippen molar-refractivity contribution in [1.82, 2.24) is 9.97 Å². The normalized spacial score (nSPS) is 14.9. The quantitative estimate of drug-likeness (QED) is 0.0773. The van der Waals surface area contributed by atoms with Crippen LogP contribution in [-0.2, 0) is 10.8 Å². The lowest BCUT2D eigenvalue weighted by Gasteiger charge is -2.35. The molecule has 4 heteroatoms. The Bertz CT molecular complexity index is 3400. The van der Waals surface area contributed by atoms with Crippen LogP contribution in [0.5, 0.6) is 0 Å². The molecule has 2 aliphatic carbocycles. The fourth-order valence-electron chi connectivity index (χ4n) is 12.8. The van der Waals surface area contributed by atoms with E-state index in [4.69, 9.17) is 4.98 Å². The Morgan fingerprint density at radius 2 is 0.959 bits per heavy atom. The van der Waals surface area contributed by atoms with Gasteiger partial charge in [0.05, 0.1) is 11.1 Å². The second-order valence-electron chi connectivity index (χ2n) is 20.8. The maximum Gasteiger partial charge on any atom is 0.354 e. The van der Waals surface area contributed by atoms with Crippen LogP contribution in [0.1, 0.15) is 148 Å². The standard InChI is InChI=1S/C69H66N2O2/c1-3-5-7-9-11-19-40-68(41-20-12-10-8-6-4-2)61-28-17-15-26-57(61)59-47-64-60(46-63(59)68)58-27-16-18-29-62(58)69(64,55-36-32-49(33-37-55)52-39-42-70-65(45-52)67(72)73)54-34-30-48(31-35-54)51-23-21-24-53(44-51)66-56-25-14-13-22-50(56)38-43-71-66/h13-18,21-39,42-47H,3-12,19-20,40-41H2,1-2H3,(H,72,73). The van der Waals surface area contributed by atoms with Crippen molar-refractivity contribution in [3.8, 4) is 55.8 Å². The van der Waals surface area contributed by atoms with Gasteiger partial charge in [0.2, 0.25) is 0 Å². The van der Waals surface area contributed by atoms with Crippen LogP contribution in [-0.4, -0.2) is 21.0 Å². The lowest BCUT2D eigenvalue weighted by Crippen LogP contribution is -2.29. The maximum atomic E-state index is 12.0. The van der Waals surface area contributed by atoms with E-state index in [0.717, 1.165) is 38.9 Å². The van der Waals surface area contributed by atoms with Crippen LogP contribution < -0.4 is 0 Å². The minimum atomic E-state index is -1.03. The molecule has 0 saturated carbocycles. The number of benzene rings is 7. The highest BCUT2D eigenvalue weighted by Gasteiger charge is 2.50. The molecule has 2 aliphatic rings. The number of aromatic carboxylic acids is 1. The molecule has 0 bridgehead atoms. The molecule has 0 radical (unpaired) electrons. The average Bonchev–Trinajstić information content (AvgIpc) is 3.88. The van der Waals surface area contributed by atoms with Gasteiger partial charge in [0.15, 0.2) is 0 Å². The Morgan fingerprint density at radius 3 is 1.63 bits per heavy atom. The summed E-state index contributed by atoms with van der Waals surface area (Å²) in [5.74, 6) is -1.03. The summed E-state index contributed by atoms with van der Waals surface area (Å²) in [6, 6.07) is 64.9. The van der Waals surface area contributed by atoms with Crippen LogP contribution in [0.3, 0.4) is 0 Å². The maximum absolute atomic E-state index is 12.0. The molecule has 1 atom stereocenters. The van der Waals surface area contributed by atoms with Gasteiger partial charge in [-0.05, 0) is 133 Å². The van der Waals surface area contributed by atoms with Crippen molar-refractivity contribution in [1.29, 1.82) is 0 Å². The third-order valence-corrected chi connectivity index (χ3v) is 16.4. The van der Waals surface area contributed by atoms with E-state index < -0.39 is 11.4 Å². The fourth-order valence-corrected chi connectivity index (χ4v) is 12.8. The van der Waals surface area contributed by atoms with Gasteiger partial charge in [0.1, 0.15) is 5.69 Å². The number of hydrogen-bond acceptors (Lipinski definition) is 3. The molecule has 9 aromatic rings. The Labute approximate surface area is 432 Å². The molecule has 7 aromatic carbocycles. The Balaban J connectivity index is 1.07. The number of carboxylic acids is 1. The summed E-state index contributed by atoms with van der Waals surface area (Å²) in [7, 11) is 0. The first-order chi connectivity index (χ1) is 35.9. The van der Waals surface area contributed by atoms with Crippen molar-refractivity contribution in [2.75, 3.05) is 0 Å². The van der Waals surface area contributed by atoms with Crippen LogP contribution in [0.25, 0.3) is 66.5 Å². The van der Waals surface area contributed by atoms with Crippen molar-refractivity contribution in [3.05, 3.63) is 227 Å². The van der Waals surface area contributed by atoms with Crippen molar-refractivity contribution < 1.29 is 9.90 Å². The molecule has 364 valence electrons. The van der Waals surface area contributed by atoms with E-state index in [1.165, 1.54) is 151 Å². The molecule has 0 saturated heterocycles. The van der Waals surface area contributed by atoms with Crippen LogP contribution in [0.4, 0.5) is 0 Å². The summed E-state index contributed by atoms with van der Waals surface area (Å²) in [5, 5.41) is 12.2. The SMILES string of the molecule is CCCCCCCCC1(CCCCCCCC)c2ccccc2-c2cc3c(cc21)-c1ccccc1C3(c1ccc(-c2cccc(-c3nccc4ccccc34)c2)cc1)c1ccc(-c2ccnc(C(=O)O)c2)cc1. The largest absolute Gasteiger partial charge is 0.477 e. The molecule has 1 unspecified atom stereocenters. The van der Waals surface area contributed by atoms with Crippen LogP contribution >= 0.6 is 0 Å². The summed E-state index contributed by atoms with van der Waals surface area (Å²) in [6.45, 7) is 4.62. The number of carboxylic acid groups (broad SMARTS) is 1. The van der Waals surface area contributed by atoms with Gasteiger partial charge in [-0.1, -0.05) is 230 Å². The Kier molecular flexibility index (Phi) is 13.7. The van der Waals surface area contributed by atoms with Crippen molar-refractivity contribution in [2.24, 2.45) is 0 Å². The highest BCUT2D eigenvalue weighted by Crippen LogP contribution is 2.62. The molecule has 11 rings (SSSR count). The van der Waals surface area contributed by atoms with Gasteiger partial charge in [-0.15, -0.1) is 0 Å². The smallest absolute Gasteiger partial charge is 0.354 e. The van der Waals surface area contributed by atoms with Crippen molar-refractivity contribution in [2.45, 2.75) is 115 Å². The lowest BCUT2D eigenvalue weighted by molar-refractivity contribution is 0.0690. The van der Waals surface area contributed by atoms with E-state index in [0.29, 0.717) is 0 Å². The van der Waals surface area contributed by atoms with Gasteiger partial charge in [0.25, 0.3) is 0 Å². The molecule has 0 aliphatic heterocycles. The minimum Gasteiger partial charge on any atom is -0.477 e. The van der Waals surface area contributed by atoms with E-state index >= 15 is 0 Å². The number of aromatic nitrogens is 2. The summed E-state index contributed by atoms with van der Waals surface area (Å²) < 4.78 is 0. The number of unbranched alkanes of at least 4 members (excludes halogenated alkanes) is 10. The third-order valence-electron chi connectivity index (χ3n) is 16.4. The highest BCUT2D eigenvalue weighted by molar-refractivity contribution is 5.96. The first-order valence-electron chi connectivity index (χ1n) is 27.2. The topological polar surface area (TPSA) is 63.1 Å². The molecular formula is C69H66N2O2. The molecule has 2 heterocycles. The van der Waals surface area contributed by atoms with E-state index in [2.05, 4.69) is 183 Å². The van der Waals surface area contributed by atoms with Crippen molar-refractivity contribution >= 4 is 16.7 Å². The van der Waals surface area contributed by atoms with E-state index in [9.17, 15) is 9.90 Å². The van der Waals surface area contributed by atoms with E-state index in [-0.39, 0.29) is 11.1 Å². The van der Waals surface area contributed by atoms with Gasteiger partial charge in [-0.25, -0.2) is 9.78 Å². The van der Waals surface area contributed by atoms with Crippen molar-refractivity contribution in [3.63, 3.8) is 0 Å². The molecule has 1 N–H and O–H groups in total. The molecule has 0 fully saturated rings. The third kappa shape index (κ3) is 8.79. The molecule has 73 heavy (non-hydrogen) atoms. The van der Waals surface area contributed by atoms with Gasteiger partial charge >= 0.3 is 5.97 Å². The summed E-state index contributed by atoms with van der Waals surface area (Å²) in [5.41, 5.74) is 18.8. The number of carbonyl (C=O) groups is 1. The van der Waals surface area contributed by atoms with Crippen LogP contribution in [0.2, 0.25) is 0 Å². The highest BCUT2D eigenvalue weighted by atomic mass is 16.4. The van der Waals surface area contributed by atoms with Gasteiger partial charge in [0, 0.05) is 28.8 Å². The zero-order chi connectivity index (χ0) is 49.8. The molecule has 4 nitrogen and oxygen atoms in total. The minimum absolute atomic E-state index is 0.0360. The monoisotopic (exact) mass is 955 g/mol. The zero-order valence-corrected chi connectivity index (χ0v) is 42.5. The molecule has 0 amide bonds. The summed E-state index contributed by atoms with van der Waals surface area (Å²) >= 11 is 0. The molecular weight excluding hydrogens is 889 g/mol. The number of rotatable bonds is 20. The zero-order valence-electron chi connectivity index (χ0n) is 42.5. The van der Waals surface area contributed by atoms with Gasteiger partial charge in [-0.3, -0.25) is 4.98 Å². The first kappa shape index (κ1) is 47.9. The first-order valence-corrected chi connectivity index (χ1v) is 27.2. The molecule has 2 aromatic heterocycles. The number of nitrogens with zero attached hydrogens (tertiary/aromatic N) is 2. The second-order valence-corrected chi connectivity index (χ2v) is 20.8.